The second kappa shape index (κ2) is 68.5. The van der Waals surface area contributed by atoms with E-state index < -0.39 is 0 Å². The standard InChI is InChI=1S/4C13H12N2OS.C11H17N.C10H15N.C9H12O.C9H12S.8C2H6/c4*16-11(15-12-14-8-9-17-12)13(6-7-13)10-4-2-1-3-5-10;1-10(12(2)3)9-11-7-5-4-6-8-11;1-9(11-2)8-10-6-4-3-5-7-10;2*1-8(10-2)9-6-4-3-5-7-9;8*1-2/h4*1-5,8-9H,6-7H2,(H,14,15,16);4-8,10H,9H2,1-3H3;3-7,9,11H,8H2,1-2H3;2*3-8H,1-2H3;8*1-2H3. The third kappa shape index (κ3) is 41.1. The molecule has 4 heterocycles. The summed E-state index contributed by atoms with van der Waals surface area (Å²) in [6, 6.07) is 82.9. The van der Waals surface area contributed by atoms with Crippen molar-refractivity contribution in [1.82, 2.24) is 30.2 Å². The molecule has 15 nitrogen and oxygen atoms in total. The fraction of sp³-hybridized carbons (Fsp3) is 0.402. The van der Waals surface area contributed by atoms with E-state index >= 15 is 0 Å². The number of benzene rings is 8. The molecule has 4 aromatic heterocycles. The van der Waals surface area contributed by atoms with E-state index in [1.807, 2.05) is 304 Å². The molecule has 4 fully saturated rings. The van der Waals surface area contributed by atoms with Gasteiger partial charge in [-0.1, -0.05) is 353 Å². The zero-order valence-corrected chi connectivity index (χ0v) is 85.0. The molecule has 4 unspecified atom stereocenters. The first-order valence-corrected chi connectivity index (χ1v) is 50.4. The van der Waals surface area contributed by atoms with Crippen LogP contribution < -0.4 is 26.6 Å². The Bertz CT molecular complexity index is 4120. The molecule has 127 heavy (non-hydrogen) atoms. The van der Waals surface area contributed by atoms with Gasteiger partial charge in [0.05, 0.1) is 27.8 Å². The number of hydrogen-bond donors (Lipinski definition) is 5. The Hall–Kier alpha value is -9.61. The fourth-order valence-electron chi connectivity index (χ4n) is 12.1. The number of thioether (sulfide) groups is 1. The average molecular weight is 1820 g/mol. The van der Waals surface area contributed by atoms with Gasteiger partial charge in [0.2, 0.25) is 23.6 Å². The van der Waals surface area contributed by atoms with Crippen molar-refractivity contribution >= 4 is 101 Å². The third-order valence-electron chi connectivity index (χ3n) is 20.0. The van der Waals surface area contributed by atoms with Gasteiger partial charge in [-0.3, -0.25) is 19.2 Å². The van der Waals surface area contributed by atoms with Crippen LogP contribution in [-0.4, -0.2) is 95.1 Å². The van der Waals surface area contributed by atoms with E-state index in [0.717, 1.165) is 86.5 Å². The van der Waals surface area contributed by atoms with E-state index in [1.165, 1.54) is 67.6 Å². The van der Waals surface area contributed by atoms with E-state index in [4.69, 9.17) is 4.74 Å². The minimum Gasteiger partial charge on any atom is -0.377 e. The first kappa shape index (κ1) is 115. The molecule has 0 bridgehead atoms. The first-order valence-electron chi connectivity index (χ1n) is 45.6. The number of likely N-dealkylation sites (N-methyl/N-ethyl adjacent to an activating group) is 2. The predicted molar refractivity (Wildman–Crippen MR) is 555 cm³/mol. The van der Waals surface area contributed by atoms with Crippen molar-refractivity contribution in [2.45, 2.75) is 248 Å². The highest BCUT2D eigenvalue weighted by molar-refractivity contribution is 7.98. The fourth-order valence-corrected chi connectivity index (χ4v) is 14.6. The number of nitrogens with one attached hydrogen (secondary N) is 5. The van der Waals surface area contributed by atoms with Crippen molar-refractivity contribution in [1.29, 1.82) is 0 Å². The molecule has 4 aliphatic carbocycles. The van der Waals surface area contributed by atoms with Gasteiger partial charge in [0.25, 0.3) is 0 Å². The number of hydrogen-bond acceptors (Lipinski definition) is 16. The lowest BCUT2D eigenvalue weighted by molar-refractivity contribution is -0.119. The normalized spacial score (nSPS) is 13.6. The highest BCUT2D eigenvalue weighted by atomic mass is 32.2. The van der Waals surface area contributed by atoms with Gasteiger partial charge in [-0.05, 0) is 164 Å². The Morgan fingerprint density at radius 2 is 0.575 bits per heavy atom. The average Bonchev–Trinajstić information content (AvgIpc) is 1.62. The summed E-state index contributed by atoms with van der Waals surface area (Å²) in [5, 5.41) is 25.6. The predicted octanol–water partition coefficient (Wildman–Crippen LogP) is 29.0. The molecule has 4 saturated carbocycles. The molecule has 8 aromatic carbocycles. The molecular weight excluding hydrogens is 1670 g/mol. The molecule has 16 rings (SSSR count). The summed E-state index contributed by atoms with van der Waals surface area (Å²) in [5.41, 5.74) is 8.62. The van der Waals surface area contributed by atoms with Crippen LogP contribution in [0, 0.1) is 0 Å². The Labute approximate surface area is 786 Å². The monoisotopic (exact) mass is 1820 g/mol. The number of rotatable bonds is 22. The van der Waals surface area contributed by atoms with E-state index in [2.05, 4.69) is 190 Å². The van der Waals surface area contributed by atoms with Gasteiger partial charge >= 0.3 is 0 Å². The molecule has 0 aliphatic heterocycles. The van der Waals surface area contributed by atoms with Crippen molar-refractivity contribution in [2.75, 3.05) is 55.8 Å². The van der Waals surface area contributed by atoms with Crippen LogP contribution >= 0.6 is 57.1 Å². The second-order valence-electron chi connectivity index (χ2n) is 27.9. The van der Waals surface area contributed by atoms with Gasteiger partial charge in [-0.2, -0.15) is 11.8 Å². The van der Waals surface area contributed by atoms with Gasteiger partial charge in [0.15, 0.2) is 20.5 Å². The minimum absolute atomic E-state index is 0.0682. The molecule has 0 saturated heterocycles. The Morgan fingerprint density at radius 1 is 0.354 bits per heavy atom. The van der Waals surface area contributed by atoms with Crippen molar-refractivity contribution in [2.24, 2.45) is 0 Å². The molecule has 12 aromatic rings. The SMILES string of the molecule is CC.CC.CC.CC.CC.CC.CC.CC.CC(Cc1ccccc1)N(C)C.CNC(C)Cc1ccccc1.COC(C)c1ccccc1.CSC(C)c1ccccc1.O=C(Nc1nccs1)C1(c2ccccc2)CC1.O=C(Nc1nccs1)C1(c2ccccc2)CC1.O=C(Nc1nccs1)C1(c2ccccc2)CC1.O=C(Nc1nccs1)C1(c2ccccc2)CC1. The molecule has 4 amide bonds. The molecule has 20 heteroatoms. The maximum absolute atomic E-state index is 12.3. The quantitative estimate of drug-likeness (QED) is 0.0432. The summed E-state index contributed by atoms with van der Waals surface area (Å²) in [4.78, 5) is 67.6. The Kier molecular flexibility index (Phi) is 62.3. The van der Waals surface area contributed by atoms with Gasteiger partial charge in [-0.25, -0.2) is 19.9 Å². The summed E-state index contributed by atoms with van der Waals surface area (Å²) >= 11 is 7.67. The molecule has 5 N–H and O–H groups in total. The number of thiazole rings is 4. The van der Waals surface area contributed by atoms with Crippen LogP contribution in [0.15, 0.2) is 289 Å². The van der Waals surface area contributed by atoms with Crippen LogP contribution in [-0.2, 0) is 58.4 Å². The minimum atomic E-state index is -0.313. The molecule has 4 aliphatic rings. The summed E-state index contributed by atoms with van der Waals surface area (Å²) < 4.78 is 5.14. The smallest absolute Gasteiger partial charge is 0.236 e. The number of anilines is 4. The number of aromatic nitrogens is 4. The molecule has 690 valence electrons. The number of amides is 4. The summed E-state index contributed by atoms with van der Waals surface area (Å²) in [5.74, 6) is 0.273. The number of carbonyl (C=O) groups excluding carboxylic acids is 4. The van der Waals surface area contributed by atoms with Crippen LogP contribution in [0.1, 0.15) is 246 Å². The number of methoxy groups -OCH3 is 1. The largest absolute Gasteiger partial charge is 0.377 e. The first-order chi connectivity index (χ1) is 62.0. The van der Waals surface area contributed by atoms with E-state index in [-0.39, 0.29) is 51.4 Å². The number of nitrogens with zero attached hydrogens (tertiary/aromatic N) is 5. The van der Waals surface area contributed by atoms with E-state index in [1.54, 1.807) is 31.9 Å². The highest BCUT2D eigenvalue weighted by Crippen LogP contribution is 2.52. The second-order valence-corrected chi connectivity index (χ2v) is 32.7. The lowest BCUT2D eigenvalue weighted by Gasteiger charge is -2.19. The van der Waals surface area contributed by atoms with Crippen molar-refractivity contribution < 1.29 is 23.9 Å². The van der Waals surface area contributed by atoms with Crippen LogP contribution in [0.25, 0.3) is 0 Å². The Balaban J connectivity index is 0.000000714. The lowest BCUT2D eigenvalue weighted by atomic mass is 9.95. The maximum Gasteiger partial charge on any atom is 0.236 e. The zero-order chi connectivity index (χ0) is 94.7. The molecule has 4 atom stereocenters. The third-order valence-corrected chi connectivity index (χ3v) is 23.8. The van der Waals surface area contributed by atoms with Crippen molar-refractivity contribution in [3.8, 4) is 0 Å². The molecule has 0 radical (unpaired) electrons. The van der Waals surface area contributed by atoms with E-state index in [0.29, 0.717) is 37.9 Å². The number of carbonyl (C=O) groups is 4. The van der Waals surface area contributed by atoms with Crippen molar-refractivity contribution in [3.63, 3.8) is 0 Å². The van der Waals surface area contributed by atoms with Gasteiger partial charge < -0.3 is 36.2 Å². The summed E-state index contributed by atoms with van der Waals surface area (Å²) in [7, 11) is 7.95. The molecule has 0 spiro atoms. The Morgan fingerprint density at radius 3 is 0.772 bits per heavy atom. The van der Waals surface area contributed by atoms with Gasteiger partial charge in [-0.15, -0.1) is 45.3 Å². The van der Waals surface area contributed by atoms with Crippen LogP contribution in [0.4, 0.5) is 20.5 Å². The van der Waals surface area contributed by atoms with Gasteiger partial charge in [0.1, 0.15) is 0 Å². The molecular formula is C107H152N10O5S5. The number of ether oxygens (including phenoxy) is 1. The topological polar surface area (TPSA) is 192 Å². The maximum atomic E-state index is 12.3. The van der Waals surface area contributed by atoms with Crippen LogP contribution in [0.3, 0.4) is 0 Å². The lowest BCUT2D eigenvalue weighted by Crippen LogP contribution is -2.27. The van der Waals surface area contributed by atoms with Crippen molar-refractivity contribution in [3.05, 3.63) is 333 Å². The summed E-state index contributed by atoms with van der Waals surface area (Å²) in [6.45, 7) is 40.7. The van der Waals surface area contributed by atoms with E-state index in [9.17, 15) is 19.2 Å². The summed E-state index contributed by atoms with van der Waals surface area (Å²) in [6.07, 6.45) is 18.8. The zero-order valence-electron chi connectivity index (χ0n) is 80.9. The van der Waals surface area contributed by atoms with Gasteiger partial charge in [0, 0.05) is 70.8 Å². The highest BCUT2D eigenvalue weighted by Gasteiger charge is 2.54. The van der Waals surface area contributed by atoms with Crippen LogP contribution in [0.5, 0.6) is 0 Å². The van der Waals surface area contributed by atoms with Crippen LogP contribution in [0.2, 0.25) is 0 Å².